The number of nitrogens with two attached hydrogens (primary N) is 1. The summed E-state index contributed by atoms with van der Waals surface area (Å²) in [6.45, 7) is 0. The molecule has 1 aromatic heterocycles. The molecule has 16 heavy (non-hydrogen) atoms. The summed E-state index contributed by atoms with van der Waals surface area (Å²) in [5.41, 5.74) is 9.30. The first-order chi connectivity index (χ1) is 7.74. The Morgan fingerprint density at radius 1 is 1.50 bits per heavy atom. The lowest BCUT2D eigenvalue weighted by molar-refractivity contribution is 1.29. The van der Waals surface area contributed by atoms with Gasteiger partial charge < -0.3 is 5.73 Å². The zero-order chi connectivity index (χ0) is 11.4. The second-order valence-electron chi connectivity index (χ2n) is 3.00. The molecule has 1 aromatic carbocycles. The van der Waals surface area contributed by atoms with Gasteiger partial charge >= 0.3 is 0 Å². The number of hydrazone groups is 1. The molecule has 0 bridgehead atoms. The maximum absolute atomic E-state index is 5.48. The van der Waals surface area contributed by atoms with Gasteiger partial charge in [0.1, 0.15) is 5.82 Å². The number of nitrogen functional groups attached to an aromatic ring is 1. The van der Waals surface area contributed by atoms with Gasteiger partial charge in [0.2, 0.25) is 5.13 Å². The van der Waals surface area contributed by atoms with Gasteiger partial charge in [-0.1, -0.05) is 28.1 Å². The van der Waals surface area contributed by atoms with E-state index in [1.54, 1.807) is 11.6 Å². The van der Waals surface area contributed by atoms with Crippen molar-refractivity contribution in [2.45, 2.75) is 0 Å². The molecule has 0 aliphatic rings. The van der Waals surface area contributed by atoms with Crippen molar-refractivity contribution in [3.63, 3.8) is 0 Å². The predicted molar refractivity (Wildman–Crippen MR) is 71.9 cm³/mol. The molecule has 2 aromatic rings. The van der Waals surface area contributed by atoms with Crippen molar-refractivity contribution in [2.24, 2.45) is 5.10 Å². The van der Waals surface area contributed by atoms with Crippen LogP contribution in [-0.4, -0.2) is 11.2 Å². The van der Waals surface area contributed by atoms with Gasteiger partial charge in [0, 0.05) is 9.85 Å². The quantitative estimate of drug-likeness (QED) is 0.676. The lowest BCUT2D eigenvalue weighted by Crippen LogP contribution is -1.91. The van der Waals surface area contributed by atoms with E-state index >= 15 is 0 Å². The van der Waals surface area contributed by atoms with Crippen molar-refractivity contribution < 1.29 is 0 Å². The summed E-state index contributed by atoms with van der Waals surface area (Å²) >= 11 is 4.81. The fourth-order valence-electron chi connectivity index (χ4n) is 1.09. The van der Waals surface area contributed by atoms with E-state index in [4.69, 9.17) is 5.73 Å². The minimum Gasteiger partial charge on any atom is -0.383 e. The molecule has 4 nitrogen and oxygen atoms in total. The summed E-state index contributed by atoms with van der Waals surface area (Å²) < 4.78 is 1.02. The van der Waals surface area contributed by atoms with Gasteiger partial charge in [0.15, 0.2) is 0 Å². The summed E-state index contributed by atoms with van der Waals surface area (Å²) in [4.78, 5) is 4.02. The lowest BCUT2D eigenvalue weighted by atomic mass is 10.2. The standard InChI is InChI=1S/C10H9BrN4S/c11-8-3-1-2-7(4-8)5-13-15-10-14-9(12)6-16-10/h1-6H,12H2,(H,14,15). The van der Waals surface area contributed by atoms with Crippen molar-refractivity contribution in [3.8, 4) is 0 Å². The van der Waals surface area contributed by atoms with Gasteiger partial charge in [-0.15, -0.1) is 11.3 Å². The van der Waals surface area contributed by atoms with Gasteiger partial charge in [0.25, 0.3) is 0 Å². The first-order valence-corrected chi connectivity index (χ1v) is 6.17. The Hall–Kier alpha value is -1.40. The largest absolute Gasteiger partial charge is 0.383 e. The average Bonchev–Trinajstić information content (AvgIpc) is 2.64. The summed E-state index contributed by atoms with van der Waals surface area (Å²) in [6.07, 6.45) is 1.72. The number of hydrogen-bond acceptors (Lipinski definition) is 5. The van der Waals surface area contributed by atoms with Crippen molar-refractivity contribution in [1.82, 2.24) is 4.98 Å². The van der Waals surface area contributed by atoms with Crippen molar-refractivity contribution >= 4 is 44.4 Å². The molecule has 3 N–H and O–H groups in total. The topological polar surface area (TPSA) is 63.3 Å². The Kier molecular flexibility index (Phi) is 3.53. The Bertz CT molecular complexity index is 509. The molecule has 0 unspecified atom stereocenters. The predicted octanol–water partition coefficient (Wildman–Crippen LogP) is 2.93. The van der Waals surface area contributed by atoms with Crippen LogP contribution in [0.2, 0.25) is 0 Å². The van der Waals surface area contributed by atoms with Crippen LogP contribution in [0.4, 0.5) is 10.9 Å². The molecule has 0 aliphatic carbocycles. The van der Waals surface area contributed by atoms with E-state index in [-0.39, 0.29) is 0 Å². The molecule has 0 aliphatic heterocycles. The SMILES string of the molecule is Nc1csc(NN=Cc2cccc(Br)c2)n1. The highest BCUT2D eigenvalue weighted by Crippen LogP contribution is 2.16. The zero-order valence-corrected chi connectivity index (χ0v) is 10.6. The number of thiazole rings is 1. The highest BCUT2D eigenvalue weighted by atomic mass is 79.9. The molecule has 0 atom stereocenters. The molecule has 1 heterocycles. The summed E-state index contributed by atoms with van der Waals surface area (Å²) in [7, 11) is 0. The number of aromatic nitrogens is 1. The number of anilines is 2. The maximum atomic E-state index is 5.48. The minimum absolute atomic E-state index is 0.505. The smallest absolute Gasteiger partial charge is 0.205 e. The van der Waals surface area contributed by atoms with Crippen LogP contribution in [0.1, 0.15) is 5.56 Å². The third-order valence-corrected chi connectivity index (χ3v) is 3.00. The van der Waals surface area contributed by atoms with Crippen LogP contribution in [-0.2, 0) is 0 Å². The summed E-state index contributed by atoms with van der Waals surface area (Å²) in [6, 6.07) is 7.85. The number of hydrogen-bond donors (Lipinski definition) is 2. The Labute approximate surface area is 105 Å². The normalized spacial score (nSPS) is 10.8. The molecule has 2 rings (SSSR count). The van der Waals surface area contributed by atoms with Gasteiger partial charge in [-0.2, -0.15) is 5.10 Å². The molecule has 0 amide bonds. The molecule has 0 saturated heterocycles. The Morgan fingerprint density at radius 3 is 3.06 bits per heavy atom. The van der Waals surface area contributed by atoms with E-state index in [2.05, 4.69) is 31.4 Å². The third-order valence-electron chi connectivity index (χ3n) is 1.74. The van der Waals surface area contributed by atoms with E-state index in [0.717, 1.165) is 10.0 Å². The number of nitrogens with one attached hydrogen (secondary N) is 1. The second kappa shape index (κ2) is 5.09. The zero-order valence-electron chi connectivity index (χ0n) is 8.22. The van der Waals surface area contributed by atoms with E-state index in [1.807, 2.05) is 24.3 Å². The van der Waals surface area contributed by atoms with E-state index < -0.39 is 0 Å². The fourth-order valence-corrected chi connectivity index (χ4v) is 2.05. The van der Waals surface area contributed by atoms with E-state index in [9.17, 15) is 0 Å². The van der Waals surface area contributed by atoms with Crippen molar-refractivity contribution in [1.29, 1.82) is 0 Å². The third kappa shape index (κ3) is 3.04. The van der Waals surface area contributed by atoms with Crippen LogP contribution >= 0.6 is 27.3 Å². The van der Waals surface area contributed by atoms with Crippen molar-refractivity contribution in [3.05, 3.63) is 39.7 Å². The number of halogens is 1. The highest BCUT2D eigenvalue weighted by molar-refractivity contribution is 9.10. The molecular weight excluding hydrogens is 288 g/mol. The molecule has 6 heteroatoms. The van der Waals surface area contributed by atoms with Crippen LogP contribution in [0.15, 0.2) is 39.2 Å². The molecule has 82 valence electrons. The van der Waals surface area contributed by atoms with Crippen LogP contribution in [0.5, 0.6) is 0 Å². The average molecular weight is 297 g/mol. The van der Waals surface area contributed by atoms with Gasteiger partial charge in [-0.25, -0.2) is 4.98 Å². The molecular formula is C10H9BrN4S. The summed E-state index contributed by atoms with van der Waals surface area (Å²) in [5, 5.41) is 6.51. The van der Waals surface area contributed by atoms with E-state index in [1.165, 1.54) is 11.3 Å². The first-order valence-electron chi connectivity index (χ1n) is 4.50. The monoisotopic (exact) mass is 296 g/mol. The first kappa shape index (κ1) is 11.1. The second-order valence-corrected chi connectivity index (χ2v) is 4.78. The lowest BCUT2D eigenvalue weighted by Gasteiger charge is -1.94. The highest BCUT2D eigenvalue weighted by Gasteiger charge is 1.95. The molecule has 0 spiro atoms. The van der Waals surface area contributed by atoms with Crippen LogP contribution in [0, 0.1) is 0 Å². The number of nitrogens with zero attached hydrogens (tertiary/aromatic N) is 2. The number of benzene rings is 1. The maximum Gasteiger partial charge on any atom is 0.205 e. The molecule has 0 fully saturated rings. The molecule has 0 radical (unpaired) electrons. The fraction of sp³-hybridized carbons (Fsp3) is 0. The Morgan fingerprint density at radius 2 is 2.38 bits per heavy atom. The van der Waals surface area contributed by atoms with Gasteiger partial charge in [-0.05, 0) is 17.7 Å². The summed E-state index contributed by atoms with van der Waals surface area (Å²) in [5.74, 6) is 0.505. The van der Waals surface area contributed by atoms with Gasteiger partial charge in [0.05, 0.1) is 6.21 Å². The van der Waals surface area contributed by atoms with Crippen molar-refractivity contribution in [2.75, 3.05) is 11.2 Å². The van der Waals surface area contributed by atoms with Crippen LogP contribution < -0.4 is 11.2 Å². The van der Waals surface area contributed by atoms with E-state index in [0.29, 0.717) is 10.9 Å². The van der Waals surface area contributed by atoms with Gasteiger partial charge in [-0.3, -0.25) is 5.43 Å². The Balaban J connectivity index is 2.00. The van der Waals surface area contributed by atoms with Crippen LogP contribution in [0.3, 0.4) is 0 Å². The molecule has 0 saturated carbocycles. The number of rotatable bonds is 3. The minimum atomic E-state index is 0.505. The van der Waals surface area contributed by atoms with Crippen LogP contribution in [0.25, 0.3) is 0 Å².